The number of rotatable bonds is 7. The van der Waals surface area contributed by atoms with Gasteiger partial charge in [-0.25, -0.2) is 9.59 Å². The molecule has 6 nitrogen and oxygen atoms in total. The number of carbonyl (C=O) groups is 3. The molecule has 7 heteroatoms. The third-order valence-corrected chi connectivity index (χ3v) is 5.30. The summed E-state index contributed by atoms with van der Waals surface area (Å²) < 4.78 is 10.1. The van der Waals surface area contributed by atoms with E-state index in [2.05, 4.69) is 12.2 Å². The molecule has 0 spiro atoms. The highest BCUT2D eigenvalue weighted by atomic mass is 32.1. The van der Waals surface area contributed by atoms with Gasteiger partial charge in [0.05, 0.1) is 12.2 Å². The number of amides is 1. The molecular weight excluding hydrogens is 366 g/mol. The molecule has 1 heterocycles. The predicted octanol–water partition coefficient (Wildman–Crippen LogP) is 3.66. The van der Waals surface area contributed by atoms with Crippen LogP contribution in [-0.2, 0) is 31.9 Å². The van der Waals surface area contributed by atoms with Crippen LogP contribution >= 0.6 is 11.3 Å². The normalized spacial score (nSPS) is 16.3. The lowest BCUT2D eigenvalue weighted by atomic mass is 9.88. The highest BCUT2D eigenvalue weighted by Crippen LogP contribution is 2.40. The maximum absolute atomic E-state index is 12.4. The van der Waals surface area contributed by atoms with Crippen molar-refractivity contribution in [3.05, 3.63) is 40.3 Å². The number of thiophene rings is 1. The van der Waals surface area contributed by atoms with Gasteiger partial charge in [0, 0.05) is 11.0 Å². The Bertz CT molecular complexity index is 763. The van der Waals surface area contributed by atoms with Gasteiger partial charge in [0.15, 0.2) is 6.61 Å². The average molecular weight is 391 g/mol. The summed E-state index contributed by atoms with van der Waals surface area (Å²) in [5.41, 5.74) is 1.41. The maximum Gasteiger partial charge on any atom is 0.341 e. The van der Waals surface area contributed by atoms with E-state index in [1.807, 2.05) is 6.92 Å². The second-order valence-corrected chi connectivity index (χ2v) is 7.42. The number of carbonyl (C=O) groups excluding carboxylic acids is 3. The molecule has 1 aliphatic carbocycles. The minimum atomic E-state index is -0.604. The quantitative estimate of drug-likeness (QED) is 0.436. The van der Waals surface area contributed by atoms with Crippen LogP contribution in [0.3, 0.4) is 0 Å². The van der Waals surface area contributed by atoms with E-state index in [1.165, 1.54) is 23.5 Å². The van der Waals surface area contributed by atoms with Crippen molar-refractivity contribution in [1.29, 1.82) is 0 Å². The van der Waals surface area contributed by atoms with Gasteiger partial charge < -0.3 is 14.8 Å². The summed E-state index contributed by atoms with van der Waals surface area (Å²) in [7, 11) is 0. The number of esters is 2. The molecule has 0 saturated carbocycles. The molecule has 2 rings (SSSR count). The van der Waals surface area contributed by atoms with E-state index in [0.717, 1.165) is 29.7 Å². The SMILES string of the molecule is CC=CC=CC(=O)OCC(=O)Nc1sc2c(c1C(=O)OCC)CCC(C)C2. The Morgan fingerprint density at radius 1 is 1.26 bits per heavy atom. The molecule has 1 N–H and O–H groups in total. The van der Waals surface area contributed by atoms with Crippen molar-refractivity contribution in [2.75, 3.05) is 18.5 Å². The summed E-state index contributed by atoms with van der Waals surface area (Å²) in [6.07, 6.45) is 8.90. The van der Waals surface area contributed by atoms with Crippen LogP contribution in [0.4, 0.5) is 5.00 Å². The molecule has 1 atom stereocenters. The summed E-state index contributed by atoms with van der Waals surface area (Å²) in [5.74, 6) is -0.973. The fourth-order valence-corrected chi connectivity index (χ4v) is 4.27. The van der Waals surface area contributed by atoms with Crippen molar-refractivity contribution in [1.82, 2.24) is 0 Å². The van der Waals surface area contributed by atoms with Crippen molar-refractivity contribution in [2.45, 2.75) is 40.0 Å². The number of hydrogen-bond acceptors (Lipinski definition) is 6. The van der Waals surface area contributed by atoms with E-state index in [1.54, 1.807) is 19.1 Å². The third kappa shape index (κ3) is 5.79. The lowest BCUT2D eigenvalue weighted by Crippen LogP contribution is -2.21. The number of allylic oxidation sites excluding steroid dienone is 3. The molecule has 0 aliphatic heterocycles. The van der Waals surface area contributed by atoms with Gasteiger partial charge >= 0.3 is 11.9 Å². The highest BCUT2D eigenvalue weighted by Gasteiger charge is 2.29. The van der Waals surface area contributed by atoms with Crippen molar-refractivity contribution in [3.8, 4) is 0 Å². The Morgan fingerprint density at radius 3 is 2.74 bits per heavy atom. The number of ether oxygens (including phenoxy) is 2. The number of anilines is 1. The Kier molecular flexibility index (Phi) is 7.79. The summed E-state index contributed by atoms with van der Waals surface area (Å²) in [5, 5.41) is 3.18. The molecule has 0 saturated heterocycles. The van der Waals surface area contributed by atoms with Crippen LogP contribution in [0, 0.1) is 5.92 Å². The van der Waals surface area contributed by atoms with Crippen LogP contribution in [0.2, 0.25) is 0 Å². The average Bonchev–Trinajstić information content (AvgIpc) is 2.97. The Hall–Kier alpha value is -2.41. The molecule has 0 radical (unpaired) electrons. The number of fused-ring (bicyclic) bond motifs is 1. The molecule has 1 unspecified atom stereocenters. The van der Waals surface area contributed by atoms with Gasteiger partial charge in [-0.2, -0.15) is 0 Å². The lowest BCUT2D eigenvalue weighted by Gasteiger charge is -2.18. The van der Waals surface area contributed by atoms with Crippen LogP contribution < -0.4 is 5.32 Å². The van der Waals surface area contributed by atoms with Crippen molar-refractivity contribution in [2.24, 2.45) is 5.92 Å². The van der Waals surface area contributed by atoms with Crippen LogP contribution in [0.15, 0.2) is 24.3 Å². The summed E-state index contributed by atoms with van der Waals surface area (Å²) in [4.78, 5) is 37.2. The molecule has 146 valence electrons. The Labute approximate surface area is 163 Å². The monoisotopic (exact) mass is 391 g/mol. The molecular formula is C20H25NO5S. The zero-order valence-electron chi connectivity index (χ0n) is 15.9. The molecule has 1 aliphatic rings. The van der Waals surface area contributed by atoms with Gasteiger partial charge in [-0.05, 0) is 44.6 Å². The topological polar surface area (TPSA) is 81.7 Å². The maximum atomic E-state index is 12.4. The van der Waals surface area contributed by atoms with Crippen LogP contribution in [0.1, 0.15) is 48.0 Å². The van der Waals surface area contributed by atoms with E-state index in [0.29, 0.717) is 16.5 Å². The minimum absolute atomic E-state index is 0.267. The molecule has 0 fully saturated rings. The molecule has 1 aromatic heterocycles. The summed E-state index contributed by atoms with van der Waals surface area (Å²) in [6, 6.07) is 0. The first kappa shape index (κ1) is 20.9. The van der Waals surface area contributed by atoms with Gasteiger partial charge in [0.2, 0.25) is 0 Å². The summed E-state index contributed by atoms with van der Waals surface area (Å²) >= 11 is 1.40. The zero-order valence-corrected chi connectivity index (χ0v) is 16.7. The van der Waals surface area contributed by atoms with E-state index < -0.39 is 24.5 Å². The van der Waals surface area contributed by atoms with Crippen molar-refractivity contribution >= 4 is 34.2 Å². The van der Waals surface area contributed by atoms with Gasteiger partial charge in [0.1, 0.15) is 5.00 Å². The van der Waals surface area contributed by atoms with Gasteiger partial charge in [-0.15, -0.1) is 11.3 Å². The largest absolute Gasteiger partial charge is 0.462 e. The van der Waals surface area contributed by atoms with Gasteiger partial charge in [-0.1, -0.05) is 25.2 Å². The molecule has 0 bridgehead atoms. The van der Waals surface area contributed by atoms with E-state index in [4.69, 9.17) is 9.47 Å². The zero-order chi connectivity index (χ0) is 19.8. The molecule has 1 aromatic rings. The number of nitrogens with one attached hydrogen (secondary N) is 1. The van der Waals surface area contributed by atoms with Crippen molar-refractivity contribution < 1.29 is 23.9 Å². The Morgan fingerprint density at radius 2 is 2.04 bits per heavy atom. The smallest absolute Gasteiger partial charge is 0.341 e. The van der Waals surface area contributed by atoms with Crippen molar-refractivity contribution in [3.63, 3.8) is 0 Å². The fourth-order valence-electron chi connectivity index (χ4n) is 2.85. The third-order valence-electron chi connectivity index (χ3n) is 4.13. The first-order chi connectivity index (χ1) is 13.0. The summed E-state index contributed by atoms with van der Waals surface area (Å²) in [6.45, 7) is 5.60. The molecule has 1 amide bonds. The second kappa shape index (κ2) is 10.1. The van der Waals surface area contributed by atoms with E-state index in [9.17, 15) is 14.4 Å². The lowest BCUT2D eigenvalue weighted by molar-refractivity contribution is -0.142. The van der Waals surface area contributed by atoms with Gasteiger partial charge in [-0.3, -0.25) is 4.79 Å². The second-order valence-electron chi connectivity index (χ2n) is 6.32. The minimum Gasteiger partial charge on any atom is -0.462 e. The van der Waals surface area contributed by atoms with Gasteiger partial charge in [0.25, 0.3) is 5.91 Å². The first-order valence-electron chi connectivity index (χ1n) is 9.03. The standard InChI is InChI=1S/C20H25NO5S/c1-4-6-7-8-17(23)26-12-16(22)21-19-18(20(24)25-5-2)14-10-9-13(3)11-15(14)27-19/h4,6-8,13H,5,9-12H2,1-3H3,(H,21,22). The van der Waals surface area contributed by atoms with Crippen LogP contribution in [-0.4, -0.2) is 31.1 Å². The molecule has 27 heavy (non-hydrogen) atoms. The van der Waals surface area contributed by atoms with Crippen LogP contribution in [0.25, 0.3) is 0 Å². The predicted molar refractivity (Wildman–Crippen MR) is 105 cm³/mol. The number of hydrogen-bond donors (Lipinski definition) is 1. The Balaban J connectivity index is 2.09. The fraction of sp³-hybridized carbons (Fsp3) is 0.450. The van der Waals surface area contributed by atoms with Crippen LogP contribution in [0.5, 0.6) is 0 Å². The highest BCUT2D eigenvalue weighted by molar-refractivity contribution is 7.17. The van der Waals surface area contributed by atoms with E-state index >= 15 is 0 Å². The first-order valence-corrected chi connectivity index (χ1v) is 9.85. The molecule has 0 aromatic carbocycles. The van der Waals surface area contributed by atoms with E-state index in [-0.39, 0.29) is 6.61 Å².